The van der Waals surface area contributed by atoms with Crippen LogP contribution in [0, 0.1) is 13.8 Å². The summed E-state index contributed by atoms with van der Waals surface area (Å²) in [6, 6.07) is 3.16. The molecule has 0 aliphatic carbocycles. The Labute approximate surface area is 121 Å². The van der Waals surface area contributed by atoms with Crippen molar-refractivity contribution in [2.75, 3.05) is 6.61 Å². The Morgan fingerprint density at radius 2 is 2.05 bits per heavy atom. The van der Waals surface area contributed by atoms with Gasteiger partial charge in [0.15, 0.2) is 5.82 Å². The van der Waals surface area contributed by atoms with E-state index in [2.05, 4.69) is 10.1 Å². The van der Waals surface area contributed by atoms with Crippen LogP contribution in [0.5, 0.6) is 0 Å². The molecule has 0 saturated carbocycles. The smallest absolute Gasteiger partial charge is 0.339 e. The lowest BCUT2D eigenvalue weighted by atomic mass is 10.2. The minimum Gasteiger partial charge on any atom is -0.478 e. The minimum atomic E-state index is -1.03. The largest absolute Gasteiger partial charge is 0.478 e. The maximum Gasteiger partial charge on any atom is 0.339 e. The lowest BCUT2D eigenvalue weighted by molar-refractivity contribution is 0.0525. The van der Waals surface area contributed by atoms with E-state index < -0.39 is 11.9 Å². The van der Waals surface area contributed by atoms with Gasteiger partial charge in [-0.3, -0.25) is 0 Å². The van der Waals surface area contributed by atoms with Gasteiger partial charge in [0, 0.05) is 6.20 Å². The zero-order chi connectivity index (χ0) is 15.6. The molecular formula is C14H15N3O4. The Morgan fingerprint density at radius 1 is 1.33 bits per heavy atom. The number of carbonyl (C=O) groups excluding carboxylic acids is 1. The Balaban J connectivity index is 2.38. The van der Waals surface area contributed by atoms with Crippen LogP contribution in [0.1, 0.15) is 39.0 Å². The molecule has 0 bridgehead atoms. The van der Waals surface area contributed by atoms with E-state index >= 15 is 0 Å². The average molecular weight is 289 g/mol. The summed E-state index contributed by atoms with van der Waals surface area (Å²) in [7, 11) is 0. The molecule has 0 atom stereocenters. The van der Waals surface area contributed by atoms with Crippen LogP contribution in [0.4, 0.5) is 0 Å². The first-order chi connectivity index (χ1) is 9.95. The van der Waals surface area contributed by atoms with Crippen molar-refractivity contribution in [1.82, 2.24) is 14.8 Å². The monoisotopic (exact) mass is 289 g/mol. The van der Waals surface area contributed by atoms with Crippen molar-refractivity contribution in [3.05, 3.63) is 40.8 Å². The summed E-state index contributed by atoms with van der Waals surface area (Å²) in [5, 5.41) is 13.3. The standard InChI is InChI=1S/C14H15N3O4/c1-4-21-14(20)10-5-6-11(15-7-10)17-9(3)12(13(18)19)8(2)16-17/h5-7H,4H2,1-3H3,(H,18,19). The Kier molecular flexibility index (Phi) is 4.02. The Hall–Kier alpha value is -2.70. The molecule has 0 aliphatic heterocycles. The SMILES string of the molecule is CCOC(=O)c1ccc(-n2nc(C)c(C(=O)O)c2C)nc1. The number of hydrogen-bond donors (Lipinski definition) is 1. The van der Waals surface area contributed by atoms with Crippen LogP contribution in [0.25, 0.3) is 5.82 Å². The molecule has 2 heterocycles. The molecule has 7 nitrogen and oxygen atoms in total. The highest BCUT2D eigenvalue weighted by molar-refractivity contribution is 5.90. The molecule has 7 heteroatoms. The summed E-state index contributed by atoms with van der Waals surface area (Å²) in [6.07, 6.45) is 1.38. The van der Waals surface area contributed by atoms with Crippen LogP contribution in [-0.4, -0.2) is 38.4 Å². The first-order valence-corrected chi connectivity index (χ1v) is 6.38. The minimum absolute atomic E-state index is 0.159. The molecule has 21 heavy (non-hydrogen) atoms. The fourth-order valence-corrected chi connectivity index (χ4v) is 2.02. The van der Waals surface area contributed by atoms with Crippen molar-refractivity contribution in [3.63, 3.8) is 0 Å². The number of carbonyl (C=O) groups is 2. The van der Waals surface area contributed by atoms with E-state index in [4.69, 9.17) is 9.84 Å². The first kappa shape index (κ1) is 14.7. The predicted octanol–water partition coefficient (Wildman–Crippen LogP) is 1.76. The fraction of sp³-hybridized carbons (Fsp3) is 0.286. The molecule has 0 unspecified atom stereocenters. The number of carboxylic acid groups (broad SMARTS) is 1. The van der Waals surface area contributed by atoms with E-state index in [-0.39, 0.29) is 5.56 Å². The maximum atomic E-state index is 11.5. The van der Waals surface area contributed by atoms with Crippen LogP contribution in [0.15, 0.2) is 18.3 Å². The summed E-state index contributed by atoms with van der Waals surface area (Å²) in [5.41, 5.74) is 1.39. The van der Waals surface area contributed by atoms with Gasteiger partial charge in [0.2, 0.25) is 0 Å². The van der Waals surface area contributed by atoms with Crippen molar-refractivity contribution < 1.29 is 19.4 Å². The highest BCUT2D eigenvalue weighted by Crippen LogP contribution is 2.17. The van der Waals surface area contributed by atoms with Crippen LogP contribution in [-0.2, 0) is 4.74 Å². The molecule has 0 amide bonds. The normalized spacial score (nSPS) is 10.4. The third-order valence-electron chi connectivity index (χ3n) is 2.98. The van der Waals surface area contributed by atoms with Crippen molar-refractivity contribution in [2.45, 2.75) is 20.8 Å². The first-order valence-electron chi connectivity index (χ1n) is 6.38. The van der Waals surface area contributed by atoms with Gasteiger partial charge >= 0.3 is 11.9 Å². The molecule has 2 aromatic rings. The number of nitrogens with zero attached hydrogens (tertiary/aromatic N) is 3. The molecule has 0 spiro atoms. The average Bonchev–Trinajstić information content (AvgIpc) is 2.74. The number of hydrogen-bond acceptors (Lipinski definition) is 5. The highest BCUT2D eigenvalue weighted by Gasteiger charge is 2.19. The second kappa shape index (κ2) is 5.74. The van der Waals surface area contributed by atoms with Gasteiger partial charge in [-0.2, -0.15) is 5.10 Å². The van der Waals surface area contributed by atoms with E-state index in [1.165, 1.54) is 10.9 Å². The van der Waals surface area contributed by atoms with Gasteiger partial charge in [-0.25, -0.2) is 19.3 Å². The summed E-state index contributed by atoms with van der Waals surface area (Å²) in [4.78, 5) is 26.8. The summed E-state index contributed by atoms with van der Waals surface area (Å²) in [5.74, 6) is -1.04. The van der Waals surface area contributed by atoms with Gasteiger partial charge < -0.3 is 9.84 Å². The van der Waals surface area contributed by atoms with Gasteiger partial charge in [-0.05, 0) is 32.9 Å². The Bertz CT molecular complexity index is 689. The van der Waals surface area contributed by atoms with E-state index in [0.29, 0.717) is 29.4 Å². The number of esters is 1. The molecular weight excluding hydrogens is 274 g/mol. The lowest BCUT2D eigenvalue weighted by Gasteiger charge is -2.05. The van der Waals surface area contributed by atoms with Crippen LogP contribution < -0.4 is 0 Å². The van der Waals surface area contributed by atoms with Crippen molar-refractivity contribution >= 4 is 11.9 Å². The summed E-state index contributed by atoms with van der Waals surface area (Å²) >= 11 is 0. The molecule has 2 rings (SSSR count). The second-order valence-electron chi connectivity index (χ2n) is 4.39. The summed E-state index contributed by atoms with van der Waals surface area (Å²) < 4.78 is 6.31. The summed E-state index contributed by atoms with van der Waals surface area (Å²) in [6.45, 7) is 5.30. The van der Waals surface area contributed by atoms with E-state index in [0.717, 1.165) is 0 Å². The molecule has 0 aliphatic rings. The number of pyridine rings is 1. The molecule has 110 valence electrons. The van der Waals surface area contributed by atoms with Gasteiger partial charge in [-0.15, -0.1) is 0 Å². The van der Waals surface area contributed by atoms with Crippen LogP contribution >= 0.6 is 0 Å². The zero-order valence-corrected chi connectivity index (χ0v) is 12.0. The Morgan fingerprint density at radius 3 is 2.52 bits per heavy atom. The van der Waals surface area contributed by atoms with Crippen molar-refractivity contribution in [1.29, 1.82) is 0 Å². The van der Waals surface area contributed by atoms with Crippen LogP contribution in [0.3, 0.4) is 0 Å². The molecule has 0 radical (unpaired) electrons. The van der Waals surface area contributed by atoms with Gasteiger partial charge in [0.25, 0.3) is 0 Å². The van der Waals surface area contributed by atoms with E-state index in [1.807, 2.05) is 0 Å². The molecule has 0 aromatic carbocycles. The fourth-order valence-electron chi connectivity index (χ4n) is 2.02. The molecule has 0 fully saturated rings. The van der Waals surface area contributed by atoms with Crippen LogP contribution in [0.2, 0.25) is 0 Å². The number of aryl methyl sites for hydroxylation is 1. The van der Waals surface area contributed by atoms with Crippen molar-refractivity contribution in [3.8, 4) is 5.82 Å². The second-order valence-corrected chi connectivity index (χ2v) is 4.39. The molecule has 1 N–H and O–H groups in total. The third-order valence-corrected chi connectivity index (χ3v) is 2.98. The number of rotatable bonds is 4. The number of carboxylic acids is 1. The highest BCUT2D eigenvalue weighted by atomic mass is 16.5. The number of aromatic nitrogens is 3. The number of ether oxygens (including phenoxy) is 1. The zero-order valence-electron chi connectivity index (χ0n) is 12.0. The lowest BCUT2D eigenvalue weighted by Crippen LogP contribution is -2.08. The molecule has 0 saturated heterocycles. The van der Waals surface area contributed by atoms with Gasteiger partial charge in [-0.1, -0.05) is 0 Å². The van der Waals surface area contributed by atoms with Gasteiger partial charge in [0.05, 0.1) is 23.6 Å². The van der Waals surface area contributed by atoms with E-state index in [1.54, 1.807) is 32.9 Å². The van der Waals surface area contributed by atoms with Gasteiger partial charge in [0.1, 0.15) is 5.56 Å². The van der Waals surface area contributed by atoms with Crippen molar-refractivity contribution in [2.24, 2.45) is 0 Å². The topological polar surface area (TPSA) is 94.3 Å². The predicted molar refractivity (Wildman–Crippen MR) is 73.7 cm³/mol. The molecule has 2 aromatic heterocycles. The van der Waals surface area contributed by atoms with E-state index in [9.17, 15) is 9.59 Å². The third kappa shape index (κ3) is 2.76. The quantitative estimate of drug-likeness (QED) is 0.862. The maximum absolute atomic E-state index is 11.5. The number of aromatic carboxylic acids is 1.